The zero-order valence-electron chi connectivity index (χ0n) is 18.1. The van der Waals surface area contributed by atoms with Gasteiger partial charge in [0.1, 0.15) is 11.5 Å². The first-order valence-corrected chi connectivity index (χ1v) is 12.1. The molecule has 2 aliphatic heterocycles. The van der Waals surface area contributed by atoms with Gasteiger partial charge >= 0.3 is 0 Å². The Kier molecular flexibility index (Phi) is 6.35. The highest BCUT2D eigenvalue weighted by atomic mass is 35.5. The van der Waals surface area contributed by atoms with E-state index in [4.69, 9.17) is 21.1 Å². The second kappa shape index (κ2) is 8.86. The first kappa shape index (κ1) is 22.2. The third-order valence-corrected chi connectivity index (χ3v) is 8.38. The molecule has 0 atom stereocenters. The number of hydrogen-bond acceptors (Lipinski definition) is 6. The number of rotatable bonds is 5. The molecule has 2 heterocycles. The number of sulfonamides is 1. The Morgan fingerprint density at radius 1 is 0.935 bits per heavy atom. The van der Waals surface area contributed by atoms with Crippen molar-refractivity contribution in [3.63, 3.8) is 0 Å². The largest absolute Gasteiger partial charge is 0.495 e. The van der Waals surface area contributed by atoms with Gasteiger partial charge in [0.25, 0.3) is 0 Å². The van der Waals surface area contributed by atoms with Crippen molar-refractivity contribution in [2.24, 2.45) is 0 Å². The maximum absolute atomic E-state index is 13.5. The van der Waals surface area contributed by atoms with E-state index >= 15 is 0 Å². The third-order valence-electron chi connectivity index (χ3n) is 6.12. The number of nitrogens with zero attached hydrogens (tertiary/aromatic N) is 3. The minimum Gasteiger partial charge on any atom is -0.495 e. The van der Waals surface area contributed by atoms with E-state index in [0.717, 1.165) is 43.0 Å². The molecule has 168 valence electrons. The third kappa shape index (κ3) is 4.22. The van der Waals surface area contributed by atoms with Gasteiger partial charge in [0.05, 0.1) is 29.8 Å². The Hall–Kier alpha value is -2.00. The number of hydrogen-bond donors (Lipinski definition) is 0. The van der Waals surface area contributed by atoms with Crippen LogP contribution in [0.1, 0.15) is 11.1 Å². The maximum atomic E-state index is 13.5. The van der Waals surface area contributed by atoms with Crippen molar-refractivity contribution in [2.45, 2.75) is 17.9 Å². The fraction of sp³-hybridized carbons (Fsp3) is 0.455. The summed E-state index contributed by atoms with van der Waals surface area (Å²) in [6.07, 6.45) is 0.611. The lowest BCUT2D eigenvalue weighted by Crippen LogP contribution is -2.44. The molecule has 0 bridgehead atoms. The minimum absolute atomic E-state index is 0.226. The Labute approximate surface area is 189 Å². The van der Waals surface area contributed by atoms with Crippen LogP contribution < -0.4 is 14.4 Å². The molecule has 7 nitrogen and oxygen atoms in total. The maximum Gasteiger partial charge on any atom is 0.243 e. The molecular formula is C22H28ClN3O4S. The van der Waals surface area contributed by atoms with Crippen LogP contribution in [0.15, 0.2) is 35.2 Å². The first-order valence-electron chi connectivity index (χ1n) is 10.3. The van der Waals surface area contributed by atoms with Gasteiger partial charge in [-0.2, -0.15) is 4.31 Å². The highest BCUT2D eigenvalue weighted by Crippen LogP contribution is 2.37. The molecule has 0 aliphatic carbocycles. The van der Waals surface area contributed by atoms with Crippen LogP contribution in [0.4, 0.5) is 5.69 Å². The second-order valence-electron chi connectivity index (χ2n) is 7.93. The normalized spacial score (nSPS) is 18.0. The molecule has 1 fully saturated rings. The summed E-state index contributed by atoms with van der Waals surface area (Å²) >= 11 is 6.49. The Bertz CT molecular complexity index is 1070. The van der Waals surface area contributed by atoms with Gasteiger partial charge in [-0.25, -0.2) is 8.42 Å². The van der Waals surface area contributed by atoms with Crippen LogP contribution in [0.2, 0.25) is 5.02 Å². The van der Waals surface area contributed by atoms with E-state index < -0.39 is 10.0 Å². The standard InChI is InChI=1S/C22H28ClN3O4S/c1-24-10-12-25(13-11-24)19-14-17(5-7-20(19)29-2)31(27,28)26-9-8-16-4-6-21(30-3)22(23)18(16)15-26/h4-7,14H,8-13,15H2,1-3H3. The molecule has 0 N–H and O–H groups in total. The molecule has 0 saturated carbocycles. The van der Waals surface area contributed by atoms with Crippen molar-refractivity contribution in [3.8, 4) is 11.5 Å². The van der Waals surface area contributed by atoms with Gasteiger partial charge in [-0.15, -0.1) is 0 Å². The summed E-state index contributed by atoms with van der Waals surface area (Å²) in [5.41, 5.74) is 2.68. The molecule has 4 rings (SSSR count). The fourth-order valence-corrected chi connectivity index (χ4v) is 5.93. The van der Waals surface area contributed by atoms with E-state index in [2.05, 4.69) is 16.8 Å². The Morgan fingerprint density at radius 2 is 1.61 bits per heavy atom. The zero-order chi connectivity index (χ0) is 22.2. The Morgan fingerprint density at radius 3 is 2.29 bits per heavy atom. The number of halogens is 1. The Balaban J connectivity index is 1.65. The van der Waals surface area contributed by atoms with Crippen molar-refractivity contribution >= 4 is 27.3 Å². The quantitative estimate of drug-likeness (QED) is 0.676. The summed E-state index contributed by atoms with van der Waals surface area (Å²) in [6, 6.07) is 8.90. The minimum atomic E-state index is -3.70. The highest BCUT2D eigenvalue weighted by Gasteiger charge is 2.31. The van der Waals surface area contributed by atoms with Gasteiger partial charge in [-0.3, -0.25) is 0 Å². The number of methoxy groups -OCH3 is 2. The van der Waals surface area contributed by atoms with Crippen LogP contribution in [-0.2, 0) is 23.0 Å². The average Bonchev–Trinajstić information content (AvgIpc) is 2.79. The molecule has 2 aromatic carbocycles. The summed E-state index contributed by atoms with van der Waals surface area (Å²) in [6.45, 7) is 4.12. The van der Waals surface area contributed by atoms with Gasteiger partial charge in [-0.1, -0.05) is 17.7 Å². The lowest BCUT2D eigenvalue weighted by atomic mass is 10.0. The number of piperazine rings is 1. The predicted octanol–water partition coefficient (Wildman–Crippen LogP) is 2.86. The average molecular weight is 466 g/mol. The van der Waals surface area contributed by atoms with E-state index in [-0.39, 0.29) is 11.4 Å². The van der Waals surface area contributed by atoms with Crippen molar-refractivity contribution in [2.75, 3.05) is 58.9 Å². The summed E-state index contributed by atoms with van der Waals surface area (Å²) in [5, 5.41) is 0.479. The molecule has 0 radical (unpaired) electrons. The van der Waals surface area contributed by atoms with Crippen LogP contribution >= 0.6 is 11.6 Å². The number of ether oxygens (including phenoxy) is 2. The number of likely N-dealkylation sites (N-methyl/N-ethyl adjacent to an activating group) is 1. The van der Waals surface area contributed by atoms with Gasteiger partial charge in [0.15, 0.2) is 0 Å². The van der Waals surface area contributed by atoms with Crippen LogP contribution in [-0.4, -0.2) is 71.6 Å². The number of benzene rings is 2. The molecule has 0 unspecified atom stereocenters. The lowest BCUT2D eigenvalue weighted by Gasteiger charge is -2.35. The summed E-state index contributed by atoms with van der Waals surface area (Å²) < 4.78 is 39.4. The lowest BCUT2D eigenvalue weighted by molar-refractivity contribution is 0.311. The molecule has 2 aliphatic rings. The van der Waals surface area contributed by atoms with Gasteiger partial charge in [0.2, 0.25) is 10.0 Å². The molecule has 0 spiro atoms. The number of anilines is 1. The summed E-state index contributed by atoms with van der Waals surface area (Å²) in [5.74, 6) is 1.24. The van der Waals surface area contributed by atoms with Crippen molar-refractivity contribution < 1.29 is 17.9 Å². The van der Waals surface area contributed by atoms with E-state index in [0.29, 0.717) is 29.5 Å². The smallest absolute Gasteiger partial charge is 0.243 e. The van der Waals surface area contributed by atoms with Crippen LogP contribution in [0.5, 0.6) is 11.5 Å². The van der Waals surface area contributed by atoms with Crippen molar-refractivity contribution in [1.82, 2.24) is 9.21 Å². The van der Waals surface area contributed by atoms with Crippen LogP contribution in [0.25, 0.3) is 0 Å². The molecule has 1 saturated heterocycles. The molecule has 9 heteroatoms. The van der Waals surface area contributed by atoms with E-state index in [1.165, 1.54) is 4.31 Å². The fourth-order valence-electron chi connectivity index (χ4n) is 4.18. The topological polar surface area (TPSA) is 62.3 Å². The van der Waals surface area contributed by atoms with Crippen LogP contribution in [0, 0.1) is 0 Å². The van der Waals surface area contributed by atoms with E-state index in [1.54, 1.807) is 32.4 Å². The predicted molar refractivity (Wildman–Crippen MR) is 122 cm³/mol. The van der Waals surface area contributed by atoms with Crippen molar-refractivity contribution in [3.05, 3.63) is 46.5 Å². The first-order chi connectivity index (χ1) is 14.8. The monoisotopic (exact) mass is 465 g/mol. The molecule has 31 heavy (non-hydrogen) atoms. The molecule has 2 aromatic rings. The zero-order valence-corrected chi connectivity index (χ0v) is 19.7. The second-order valence-corrected chi connectivity index (χ2v) is 10.2. The molecule has 0 aromatic heterocycles. The van der Waals surface area contributed by atoms with Crippen LogP contribution in [0.3, 0.4) is 0 Å². The van der Waals surface area contributed by atoms with Gasteiger partial charge in [0, 0.05) is 39.3 Å². The van der Waals surface area contributed by atoms with E-state index in [9.17, 15) is 8.42 Å². The summed E-state index contributed by atoms with van der Waals surface area (Å²) in [4.78, 5) is 4.71. The van der Waals surface area contributed by atoms with E-state index in [1.807, 2.05) is 12.1 Å². The van der Waals surface area contributed by atoms with Gasteiger partial charge in [-0.05, 0) is 48.9 Å². The van der Waals surface area contributed by atoms with Gasteiger partial charge < -0.3 is 19.3 Å². The summed E-state index contributed by atoms with van der Waals surface area (Å²) in [7, 11) is 1.56. The SMILES string of the molecule is COc1ccc(S(=O)(=O)N2CCc3ccc(OC)c(Cl)c3C2)cc1N1CCN(C)CC1. The van der Waals surface area contributed by atoms with Crippen molar-refractivity contribution in [1.29, 1.82) is 0 Å². The molecule has 0 amide bonds. The highest BCUT2D eigenvalue weighted by molar-refractivity contribution is 7.89. The molecular weight excluding hydrogens is 438 g/mol. The number of fused-ring (bicyclic) bond motifs is 1.